The lowest BCUT2D eigenvalue weighted by Crippen LogP contribution is -2.25. The van der Waals surface area contributed by atoms with E-state index in [1.807, 2.05) is 37.4 Å². The summed E-state index contributed by atoms with van der Waals surface area (Å²) >= 11 is 1.32. The topological polar surface area (TPSA) is 77.0 Å². The van der Waals surface area contributed by atoms with E-state index in [4.69, 9.17) is 9.47 Å². The van der Waals surface area contributed by atoms with Gasteiger partial charge in [-0.1, -0.05) is 24.3 Å². The Kier molecular flexibility index (Phi) is 6.76. The number of nitrogens with one attached hydrogen (secondary N) is 1. The Bertz CT molecular complexity index is 992. The second-order valence-electron chi connectivity index (χ2n) is 6.24. The van der Waals surface area contributed by atoms with Crippen LogP contribution in [0.3, 0.4) is 0 Å². The first-order valence-corrected chi connectivity index (χ1v) is 9.77. The van der Waals surface area contributed by atoms with Crippen LogP contribution in [0.25, 0.3) is 0 Å². The molecule has 1 heterocycles. The number of hydrogen-bond acceptors (Lipinski definition) is 6. The van der Waals surface area contributed by atoms with Crippen LogP contribution in [0.4, 0.5) is 0 Å². The molecule has 29 heavy (non-hydrogen) atoms. The van der Waals surface area contributed by atoms with Gasteiger partial charge in [0.1, 0.15) is 16.4 Å². The fourth-order valence-electron chi connectivity index (χ4n) is 2.55. The van der Waals surface area contributed by atoms with E-state index in [-0.39, 0.29) is 12.5 Å². The highest BCUT2D eigenvalue weighted by molar-refractivity contribution is 7.12. The fourth-order valence-corrected chi connectivity index (χ4v) is 3.15. The van der Waals surface area contributed by atoms with Gasteiger partial charge in [0.15, 0.2) is 6.61 Å². The molecule has 7 heteroatoms. The van der Waals surface area contributed by atoms with Crippen LogP contribution in [0.1, 0.15) is 26.4 Å². The number of para-hydroxylation sites is 1. The Morgan fingerprint density at radius 3 is 2.41 bits per heavy atom. The molecule has 0 unspecified atom stereocenters. The van der Waals surface area contributed by atoms with Gasteiger partial charge >= 0.3 is 5.97 Å². The van der Waals surface area contributed by atoms with Crippen molar-refractivity contribution in [2.75, 3.05) is 6.61 Å². The van der Waals surface area contributed by atoms with Gasteiger partial charge in [0.05, 0.1) is 6.21 Å². The molecule has 1 aromatic heterocycles. The first kappa shape index (κ1) is 20.3. The van der Waals surface area contributed by atoms with Gasteiger partial charge in [-0.3, -0.25) is 4.79 Å². The zero-order valence-electron chi connectivity index (χ0n) is 16.0. The first-order valence-electron chi connectivity index (χ1n) is 8.89. The summed E-state index contributed by atoms with van der Waals surface area (Å²) in [5, 5.41) is 5.74. The highest BCUT2D eigenvalue weighted by atomic mass is 32.1. The van der Waals surface area contributed by atoms with Gasteiger partial charge in [-0.2, -0.15) is 5.10 Å². The van der Waals surface area contributed by atoms with Crippen molar-refractivity contribution in [1.82, 2.24) is 5.43 Å². The van der Waals surface area contributed by atoms with Crippen LogP contribution in [0.15, 0.2) is 65.1 Å². The van der Waals surface area contributed by atoms with E-state index in [1.54, 1.807) is 36.4 Å². The Hall–Kier alpha value is -3.45. The Labute approximate surface area is 172 Å². The van der Waals surface area contributed by atoms with Gasteiger partial charge in [-0.25, -0.2) is 10.2 Å². The lowest BCUT2D eigenvalue weighted by Gasteiger charge is -2.10. The van der Waals surface area contributed by atoms with Crippen LogP contribution in [-0.4, -0.2) is 24.7 Å². The van der Waals surface area contributed by atoms with Crippen LogP contribution < -0.4 is 14.9 Å². The molecule has 0 spiro atoms. The Morgan fingerprint density at radius 1 is 1.03 bits per heavy atom. The number of nitrogens with zero attached hydrogens (tertiary/aromatic N) is 1. The quantitative estimate of drug-likeness (QED) is 0.276. The third-order valence-electron chi connectivity index (χ3n) is 3.97. The molecule has 0 aliphatic carbocycles. The molecule has 2 aromatic carbocycles. The lowest BCUT2D eigenvalue weighted by atomic mass is 10.1. The monoisotopic (exact) mass is 408 g/mol. The first-order chi connectivity index (χ1) is 14.0. The molecule has 0 fully saturated rings. The van der Waals surface area contributed by atoms with Gasteiger partial charge < -0.3 is 9.47 Å². The van der Waals surface area contributed by atoms with Crippen molar-refractivity contribution >= 4 is 29.4 Å². The number of rotatable bonds is 7. The number of carbonyl (C=O) groups is 2. The average Bonchev–Trinajstić information content (AvgIpc) is 3.24. The summed E-state index contributed by atoms with van der Waals surface area (Å²) in [5.41, 5.74) is 5.12. The highest BCUT2D eigenvalue weighted by Crippen LogP contribution is 2.22. The number of ether oxygens (including phenoxy) is 2. The minimum atomic E-state index is -0.391. The van der Waals surface area contributed by atoms with E-state index < -0.39 is 5.97 Å². The van der Waals surface area contributed by atoms with E-state index in [2.05, 4.69) is 10.5 Å². The molecule has 1 amide bonds. The van der Waals surface area contributed by atoms with Crippen LogP contribution in [0.5, 0.6) is 11.5 Å². The van der Waals surface area contributed by atoms with E-state index in [0.29, 0.717) is 16.4 Å². The van der Waals surface area contributed by atoms with Crippen molar-refractivity contribution in [3.8, 4) is 11.5 Å². The molecule has 0 aliphatic heterocycles. The van der Waals surface area contributed by atoms with Crippen LogP contribution >= 0.6 is 11.3 Å². The largest absolute Gasteiger partial charge is 0.483 e. The summed E-state index contributed by atoms with van der Waals surface area (Å²) in [6.45, 7) is 3.74. The standard InChI is InChI=1S/C22H20N2O4S/c1-15-5-3-6-16(2)21(15)27-14-20(25)24-23-13-17-8-10-18(11-9-17)28-22(26)19-7-4-12-29-19/h3-13H,14H2,1-2H3,(H,24,25)/b23-13-. The molecular formula is C22H20N2O4S. The number of hydrogen-bond donors (Lipinski definition) is 1. The molecule has 0 saturated heterocycles. The maximum atomic E-state index is 11.9. The van der Waals surface area contributed by atoms with Gasteiger partial charge in [-0.05, 0) is 66.2 Å². The summed E-state index contributed by atoms with van der Waals surface area (Å²) in [7, 11) is 0. The summed E-state index contributed by atoms with van der Waals surface area (Å²) in [6, 6.07) is 16.1. The molecule has 1 N–H and O–H groups in total. The summed E-state index contributed by atoms with van der Waals surface area (Å²) in [5.74, 6) is 0.397. The zero-order valence-corrected chi connectivity index (χ0v) is 16.9. The van der Waals surface area contributed by atoms with Crippen molar-refractivity contribution in [2.45, 2.75) is 13.8 Å². The summed E-state index contributed by atoms with van der Waals surface area (Å²) in [6.07, 6.45) is 1.50. The lowest BCUT2D eigenvalue weighted by molar-refractivity contribution is -0.123. The number of hydrazone groups is 1. The second-order valence-corrected chi connectivity index (χ2v) is 7.19. The number of carbonyl (C=O) groups excluding carboxylic acids is 2. The van der Waals surface area contributed by atoms with Gasteiger partial charge in [-0.15, -0.1) is 11.3 Å². The SMILES string of the molecule is Cc1cccc(C)c1OCC(=O)N/N=C\c1ccc(OC(=O)c2cccs2)cc1. The highest BCUT2D eigenvalue weighted by Gasteiger charge is 2.09. The van der Waals surface area contributed by atoms with E-state index >= 15 is 0 Å². The Morgan fingerprint density at radius 2 is 1.76 bits per heavy atom. The summed E-state index contributed by atoms with van der Waals surface area (Å²) < 4.78 is 10.9. The molecule has 148 valence electrons. The molecule has 0 radical (unpaired) electrons. The maximum absolute atomic E-state index is 11.9. The number of esters is 1. The minimum absolute atomic E-state index is 0.124. The van der Waals surface area contributed by atoms with Crippen LogP contribution in [0.2, 0.25) is 0 Å². The number of aryl methyl sites for hydroxylation is 2. The predicted molar refractivity (Wildman–Crippen MR) is 113 cm³/mol. The molecule has 0 atom stereocenters. The van der Waals surface area contributed by atoms with Crippen molar-refractivity contribution in [2.24, 2.45) is 5.10 Å². The maximum Gasteiger partial charge on any atom is 0.353 e. The van der Waals surface area contributed by atoms with Crippen LogP contribution in [0, 0.1) is 13.8 Å². The van der Waals surface area contributed by atoms with Crippen molar-refractivity contribution in [3.63, 3.8) is 0 Å². The average molecular weight is 408 g/mol. The number of benzene rings is 2. The minimum Gasteiger partial charge on any atom is -0.483 e. The van der Waals surface area contributed by atoms with Crippen LogP contribution in [-0.2, 0) is 4.79 Å². The molecule has 3 aromatic rings. The molecular weight excluding hydrogens is 388 g/mol. The normalized spacial score (nSPS) is 10.7. The number of thiophene rings is 1. The molecule has 0 saturated carbocycles. The molecule has 6 nitrogen and oxygen atoms in total. The molecule has 0 aliphatic rings. The molecule has 0 bridgehead atoms. The van der Waals surface area contributed by atoms with Gasteiger partial charge in [0.25, 0.3) is 5.91 Å². The third-order valence-corrected chi connectivity index (χ3v) is 4.82. The second kappa shape index (κ2) is 9.66. The summed E-state index contributed by atoms with van der Waals surface area (Å²) in [4.78, 5) is 24.4. The Balaban J connectivity index is 1.47. The number of amides is 1. The third kappa shape index (κ3) is 5.76. The van der Waals surface area contributed by atoms with E-state index in [1.165, 1.54) is 17.6 Å². The van der Waals surface area contributed by atoms with E-state index in [0.717, 1.165) is 16.7 Å². The van der Waals surface area contributed by atoms with Crippen molar-refractivity contribution < 1.29 is 19.1 Å². The molecule has 3 rings (SSSR count). The van der Waals surface area contributed by atoms with Crippen molar-refractivity contribution in [1.29, 1.82) is 0 Å². The van der Waals surface area contributed by atoms with Crippen molar-refractivity contribution in [3.05, 3.63) is 81.5 Å². The predicted octanol–water partition coefficient (Wildman–Crippen LogP) is 4.11. The smallest absolute Gasteiger partial charge is 0.353 e. The fraction of sp³-hybridized carbons (Fsp3) is 0.136. The van der Waals surface area contributed by atoms with Gasteiger partial charge in [0, 0.05) is 0 Å². The van der Waals surface area contributed by atoms with E-state index in [9.17, 15) is 9.59 Å². The zero-order chi connectivity index (χ0) is 20.6. The van der Waals surface area contributed by atoms with Gasteiger partial charge in [0.2, 0.25) is 0 Å².